The van der Waals surface area contributed by atoms with Crippen molar-refractivity contribution in [3.05, 3.63) is 88.9 Å². The summed E-state index contributed by atoms with van der Waals surface area (Å²) in [4.78, 5) is 12.1. The van der Waals surface area contributed by atoms with Gasteiger partial charge in [-0.15, -0.1) is 0 Å². The number of hydrogen-bond donors (Lipinski definition) is 2. The second kappa shape index (κ2) is 9.10. The van der Waals surface area contributed by atoms with Crippen LogP contribution in [0.5, 0.6) is 5.75 Å². The van der Waals surface area contributed by atoms with E-state index in [1.807, 2.05) is 60.7 Å². The predicted molar refractivity (Wildman–Crippen MR) is 111 cm³/mol. The molecule has 0 bridgehead atoms. The summed E-state index contributed by atoms with van der Waals surface area (Å²) in [6, 6.07) is 22.9. The van der Waals surface area contributed by atoms with Crippen LogP contribution >= 0.6 is 11.6 Å². The van der Waals surface area contributed by atoms with Crippen LogP contribution in [0.4, 0.5) is 11.4 Å². The smallest absolute Gasteiger partial charge is 0.228 e. The number of anilines is 2. The third-order valence-electron chi connectivity index (χ3n) is 4.10. The van der Waals surface area contributed by atoms with Gasteiger partial charge in [-0.2, -0.15) is 0 Å². The zero-order valence-corrected chi connectivity index (χ0v) is 15.8. The highest BCUT2D eigenvalue weighted by Gasteiger charge is 2.04. The monoisotopic (exact) mass is 380 g/mol. The highest BCUT2D eigenvalue weighted by atomic mass is 35.5. The summed E-state index contributed by atoms with van der Waals surface area (Å²) >= 11 is 5.86. The van der Waals surface area contributed by atoms with Crippen molar-refractivity contribution in [1.82, 2.24) is 0 Å². The minimum Gasteiger partial charge on any atom is -0.497 e. The van der Waals surface area contributed by atoms with E-state index in [-0.39, 0.29) is 5.91 Å². The molecule has 0 unspecified atom stereocenters. The Balaban J connectivity index is 1.50. The Morgan fingerprint density at radius 2 is 1.44 bits per heavy atom. The van der Waals surface area contributed by atoms with Crippen LogP contribution in [0.2, 0.25) is 5.02 Å². The standard InChI is InChI=1S/C22H21ClN2O2/c1-27-21-12-4-17(5-13-21)15-24-19-8-10-20(11-9-19)25-22(26)14-16-2-6-18(23)7-3-16/h2-13,24H,14-15H2,1H3,(H,25,26). The number of methoxy groups -OCH3 is 1. The molecule has 3 rings (SSSR count). The maximum Gasteiger partial charge on any atom is 0.228 e. The molecule has 3 aromatic carbocycles. The first-order chi connectivity index (χ1) is 13.1. The van der Waals surface area contributed by atoms with Gasteiger partial charge in [-0.1, -0.05) is 35.9 Å². The van der Waals surface area contributed by atoms with Crippen LogP contribution in [0.3, 0.4) is 0 Å². The van der Waals surface area contributed by atoms with Crippen molar-refractivity contribution < 1.29 is 9.53 Å². The average molecular weight is 381 g/mol. The Kier molecular flexibility index (Phi) is 6.34. The molecule has 0 spiro atoms. The Hall–Kier alpha value is -2.98. The highest BCUT2D eigenvalue weighted by Crippen LogP contribution is 2.17. The van der Waals surface area contributed by atoms with Gasteiger partial charge >= 0.3 is 0 Å². The third kappa shape index (κ3) is 5.76. The lowest BCUT2D eigenvalue weighted by atomic mass is 10.1. The number of halogens is 1. The molecule has 0 heterocycles. The molecule has 27 heavy (non-hydrogen) atoms. The largest absolute Gasteiger partial charge is 0.497 e. The van der Waals surface area contributed by atoms with Gasteiger partial charge in [0, 0.05) is 22.9 Å². The Morgan fingerprint density at radius 3 is 2.07 bits per heavy atom. The van der Waals surface area contributed by atoms with Gasteiger partial charge in [0.05, 0.1) is 13.5 Å². The SMILES string of the molecule is COc1ccc(CNc2ccc(NC(=O)Cc3ccc(Cl)cc3)cc2)cc1. The van der Waals surface area contributed by atoms with E-state index in [1.54, 1.807) is 19.2 Å². The van der Waals surface area contributed by atoms with E-state index < -0.39 is 0 Å². The summed E-state index contributed by atoms with van der Waals surface area (Å²) in [6.07, 6.45) is 0.314. The number of carbonyl (C=O) groups excluding carboxylic acids is 1. The normalized spacial score (nSPS) is 10.3. The Morgan fingerprint density at radius 1 is 0.852 bits per heavy atom. The maximum atomic E-state index is 12.1. The molecule has 0 fully saturated rings. The van der Waals surface area contributed by atoms with E-state index in [1.165, 1.54) is 0 Å². The summed E-state index contributed by atoms with van der Waals surface area (Å²) < 4.78 is 5.16. The van der Waals surface area contributed by atoms with Gasteiger partial charge in [0.2, 0.25) is 5.91 Å². The van der Waals surface area contributed by atoms with Crippen LogP contribution in [0.15, 0.2) is 72.8 Å². The van der Waals surface area contributed by atoms with Crippen LogP contribution in [0.25, 0.3) is 0 Å². The molecule has 5 heteroatoms. The van der Waals surface area contributed by atoms with Crippen molar-refractivity contribution in [2.45, 2.75) is 13.0 Å². The van der Waals surface area contributed by atoms with Gasteiger partial charge in [-0.05, 0) is 59.7 Å². The number of amides is 1. The van der Waals surface area contributed by atoms with Crippen molar-refractivity contribution in [3.8, 4) is 5.75 Å². The second-order valence-electron chi connectivity index (χ2n) is 6.13. The van der Waals surface area contributed by atoms with Crippen molar-refractivity contribution in [2.75, 3.05) is 17.7 Å². The molecule has 0 aromatic heterocycles. The van der Waals surface area contributed by atoms with Gasteiger partial charge in [0.1, 0.15) is 5.75 Å². The average Bonchev–Trinajstić information content (AvgIpc) is 2.69. The fourth-order valence-corrected chi connectivity index (χ4v) is 2.74. The molecule has 1 amide bonds. The summed E-state index contributed by atoms with van der Waals surface area (Å²) in [5.74, 6) is 0.786. The summed E-state index contributed by atoms with van der Waals surface area (Å²) in [6.45, 7) is 0.715. The van der Waals surface area contributed by atoms with Crippen molar-refractivity contribution in [1.29, 1.82) is 0 Å². The summed E-state index contributed by atoms with van der Waals surface area (Å²) in [7, 11) is 1.66. The van der Waals surface area contributed by atoms with Crippen LogP contribution in [0, 0.1) is 0 Å². The lowest BCUT2D eigenvalue weighted by Gasteiger charge is -2.09. The van der Waals surface area contributed by atoms with Crippen LogP contribution in [0.1, 0.15) is 11.1 Å². The maximum absolute atomic E-state index is 12.1. The van der Waals surface area contributed by atoms with E-state index in [2.05, 4.69) is 10.6 Å². The van der Waals surface area contributed by atoms with E-state index >= 15 is 0 Å². The fourth-order valence-electron chi connectivity index (χ4n) is 2.61. The number of nitrogens with one attached hydrogen (secondary N) is 2. The lowest BCUT2D eigenvalue weighted by Crippen LogP contribution is -2.14. The number of hydrogen-bond acceptors (Lipinski definition) is 3. The fraction of sp³-hybridized carbons (Fsp3) is 0.136. The molecule has 0 aliphatic carbocycles. The van der Waals surface area contributed by atoms with Crippen LogP contribution < -0.4 is 15.4 Å². The molecule has 0 saturated carbocycles. The third-order valence-corrected chi connectivity index (χ3v) is 4.35. The topological polar surface area (TPSA) is 50.4 Å². The molecule has 0 atom stereocenters. The molecule has 0 radical (unpaired) electrons. The van der Waals surface area contributed by atoms with Crippen LogP contribution in [-0.2, 0) is 17.8 Å². The Labute approximate surface area is 164 Å². The number of rotatable bonds is 7. The first-order valence-electron chi connectivity index (χ1n) is 8.63. The van der Waals surface area contributed by atoms with E-state index in [9.17, 15) is 4.79 Å². The summed E-state index contributed by atoms with van der Waals surface area (Å²) in [5.41, 5.74) is 3.84. The first-order valence-corrected chi connectivity index (χ1v) is 9.01. The van der Waals surface area contributed by atoms with E-state index in [0.29, 0.717) is 18.0 Å². The van der Waals surface area contributed by atoms with E-state index in [4.69, 9.17) is 16.3 Å². The first kappa shape index (κ1) is 18.8. The molecule has 3 aromatic rings. The van der Waals surface area contributed by atoms with Crippen molar-refractivity contribution >= 4 is 28.9 Å². The van der Waals surface area contributed by atoms with Gasteiger partial charge in [0.25, 0.3) is 0 Å². The number of benzene rings is 3. The molecule has 138 valence electrons. The highest BCUT2D eigenvalue weighted by molar-refractivity contribution is 6.30. The van der Waals surface area contributed by atoms with Gasteiger partial charge in [0.15, 0.2) is 0 Å². The molecule has 0 aliphatic rings. The molecule has 4 nitrogen and oxygen atoms in total. The predicted octanol–water partition coefficient (Wildman–Crippen LogP) is 5.14. The second-order valence-corrected chi connectivity index (χ2v) is 6.57. The van der Waals surface area contributed by atoms with Gasteiger partial charge < -0.3 is 15.4 Å². The molecule has 0 aliphatic heterocycles. The quantitative estimate of drug-likeness (QED) is 0.596. The van der Waals surface area contributed by atoms with Gasteiger partial charge in [-0.25, -0.2) is 0 Å². The Bertz CT molecular complexity index is 876. The van der Waals surface area contributed by atoms with Crippen molar-refractivity contribution in [2.24, 2.45) is 0 Å². The molecular weight excluding hydrogens is 360 g/mol. The van der Waals surface area contributed by atoms with E-state index in [0.717, 1.165) is 28.3 Å². The summed E-state index contributed by atoms with van der Waals surface area (Å²) in [5, 5.41) is 6.93. The number of carbonyl (C=O) groups is 1. The minimum atomic E-state index is -0.0590. The molecule has 0 saturated heterocycles. The lowest BCUT2D eigenvalue weighted by molar-refractivity contribution is -0.115. The minimum absolute atomic E-state index is 0.0590. The zero-order valence-electron chi connectivity index (χ0n) is 15.0. The van der Waals surface area contributed by atoms with Crippen molar-refractivity contribution in [3.63, 3.8) is 0 Å². The zero-order chi connectivity index (χ0) is 19.1. The van der Waals surface area contributed by atoms with Gasteiger partial charge in [-0.3, -0.25) is 4.79 Å². The molecule has 2 N–H and O–H groups in total. The number of ether oxygens (including phenoxy) is 1. The molecular formula is C22H21ClN2O2. The van der Waals surface area contributed by atoms with Crippen LogP contribution in [-0.4, -0.2) is 13.0 Å².